The molecule has 2 heteroatoms. The molecule has 4 aliphatic carbocycles. The molecule has 1 unspecified atom stereocenters. The lowest BCUT2D eigenvalue weighted by atomic mass is 9.44. The van der Waals surface area contributed by atoms with E-state index in [9.17, 15) is 5.26 Å². The Hall–Kier alpha value is -0.550. The van der Waals surface area contributed by atoms with Crippen LogP contribution in [0.4, 0.5) is 0 Å². The van der Waals surface area contributed by atoms with Crippen LogP contribution < -0.4 is 0 Å². The minimum atomic E-state index is -0.191. The van der Waals surface area contributed by atoms with E-state index in [0.29, 0.717) is 5.41 Å². The first-order valence-corrected chi connectivity index (χ1v) is 8.81. The molecule has 2 nitrogen and oxygen atoms in total. The molecular weight excluding hydrogens is 244 g/mol. The Morgan fingerprint density at radius 2 is 1.45 bits per heavy atom. The van der Waals surface area contributed by atoms with Crippen LogP contribution in [0.5, 0.6) is 0 Å². The molecule has 0 amide bonds. The van der Waals surface area contributed by atoms with Crippen molar-refractivity contribution in [1.82, 2.24) is 4.90 Å². The van der Waals surface area contributed by atoms with Gasteiger partial charge in [-0.3, -0.25) is 4.90 Å². The van der Waals surface area contributed by atoms with Crippen molar-refractivity contribution in [2.24, 2.45) is 23.2 Å². The molecule has 4 bridgehead atoms. The molecule has 4 saturated carbocycles. The van der Waals surface area contributed by atoms with Crippen LogP contribution in [0.3, 0.4) is 0 Å². The summed E-state index contributed by atoms with van der Waals surface area (Å²) in [5.41, 5.74) is 0.136. The van der Waals surface area contributed by atoms with Crippen molar-refractivity contribution >= 4 is 0 Å². The highest BCUT2D eigenvalue weighted by molar-refractivity contribution is 5.21. The van der Waals surface area contributed by atoms with E-state index in [1.165, 1.54) is 57.8 Å². The normalized spacial score (nSPS) is 46.9. The first-order valence-electron chi connectivity index (χ1n) is 8.81. The Morgan fingerprint density at radius 3 is 1.90 bits per heavy atom. The van der Waals surface area contributed by atoms with Gasteiger partial charge in [0.05, 0.1) is 6.07 Å². The highest BCUT2D eigenvalue weighted by Crippen LogP contribution is 2.64. The van der Waals surface area contributed by atoms with Gasteiger partial charge in [0.15, 0.2) is 0 Å². The second-order valence-electron chi connectivity index (χ2n) is 8.43. The molecule has 0 aromatic carbocycles. The van der Waals surface area contributed by atoms with Gasteiger partial charge in [-0.15, -0.1) is 0 Å². The maximum Gasteiger partial charge on any atom is 0.112 e. The zero-order valence-corrected chi connectivity index (χ0v) is 12.9. The summed E-state index contributed by atoms with van der Waals surface area (Å²) in [6, 6.07) is 2.83. The number of likely N-dealkylation sites (tertiary alicyclic amines) is 1. The van der Waals surface area contributed by atoms with Gasteiger partial charge in [-0.2, -0.15) is 5.26 Å². The third-order valence-corrected chi connectivity index (χ3v) is 7.28. The maximum absolute atomic E-state index is 10.1. The van der Waals surface area contributed by atoms with Gasteiger partial charge in [-0.05, 0) is 89.1 Å². The molecule has 1 saturated heterocycles. The minimum Gasteiger partial charge on any atom is -0.285 e. The van der Waals surface area contributed by atoms with Crippen LogP contribution in [0.25, 0.3) is 0 Å². The summed E-state index contributed by atoms with van der Waals surface area (Å²) >= 11 is 0. The third-order valence-electron chi connectivity index (χ3n) is 7.28. The van der Waals surface area contributed by atoms with Crippen molar-refractivity contribution < 1.29 is 0 Å². The first kappa shape index (κ1) is 13.1. The summed E-state index contributed by atoms with van der Waals surface area (Å²) in [7, 11) is 0. The molecule has 1 heterocycles. The lowest BCUT2D eigenvalue weighted by Gasteiger charge is -2.63. The quantitative estimate of drug-likeness (QED) is 0.760. The van der Waals surface area contributed by atoms with Crippen molar-refractivity contribution in [3.8, 4) is 6.07 Å². The van der Waals surface area contributed by atoms with E-state index in [4.69, 9.17) is 0 Å². The molecule has 0 radical (unpaired) electrons. The lowest BCUT2D eigenvalue weighted by molar-refractivity contribution is -0.125. The van der Waals surface area contributed by atoms with Crippen LogP contribution >= 0.6 is 0 Å². The van der Waals surface area contributed by atoms with Crippen LogP contribution in [-0.2, 0) is 0 Å². The second kappa shape index (κ2) is 4.47. The summed E-state index contributed by atoms with van der Waals surface area (Å²) in [6.45, 7) is 4.61. The van der Waals surface area contributed by atoms with Gasteiger partial charge >= 0.3 is 0 Å². The average molecular weight is 272 g/mol. The van der Waals surface area contributed by atoms with Gasteiger partial charge in [-0.1, -0.05) is 6.42 Å². The van der Waals surface area contributed by atoms with Crippen molar-refractivity contribution in [2.45, 2.75) is 70.3 Å². The van der Waals surface area contributed by atoms with E-state index in [-0.39, 0.29) is 5.54 Å². The van der Waals surface area contributed by atoms with Crippen molar-refractivity contribution in [3.05, 3.63) is 0 Å². The van der Waals surface area contributed by atoms with E-state index < -0.39 is 0 Å². The predicted molar refractivity (Wildman–Crippen MR) is 80.0 cm³/mol. The summed E-state index contributed by atoms with van der Waals surface area (Å²) in [6.07, 6.45) is 12.4. The average Bonchev–Trinajstić information content (AvgIpc) is 2.46. The largest absolute Gasteiger partial charge is 0.285 e. The second-order valence-corrected chi connectivity index (χ2v) is 8.43. The Kier molecular flexibility index (Phi) is 2.94. The van der Waals surface area contributed by atoms with Gasteiger partial charge in [0, 0.05) is 5.41 Å². The SMILES string of the molecule is CC(C#N)(N1CCCCC1)C12CC3CC(CC(C3)C1)C2. The summed E-state index contributed by atoms with van der Waals surface area (Å²) < 4.78 is 0. The molecule has 5 aliphatic rings. The zero-order chi connectivity index (χ0) is 13.8. The smallest absolute Gasteiger partial charge is 0.112 e. The molecule has 0 aromatic rings. The molecule has 110 valence electrons. The minimum absolute atomic E-state index is 0.191. The highest BCUT2D eigenvalue weighted by atomic mass is 15.2. The van der Waals surface area contributed by atoms with Crippen LogP contribution in [0, 0.1) is 34.5 Å². The van der Waals surface area contributed by atoms with Crippen molar-refractivity contribution in [3.63, 3.8) is 0 Å². The molecule has 0 spiro atoms. The number of nitrogens with zero attached hydrogens (tertiary/aromatic N) is 2. The monoisotopic (exact) mass is 272 g/mol. The Labute approximate surface area is 123 Å². The maximum atomic E-state index is 10.1. The Balaban J connectivity index is 1.68. The van der Waals surface area contributed by atoms with Gasteiger partial charge in [0.1, 0.15) is 5.54 Å². The van der Waals surface area contributed by atoms with Crippen LogP contribution in [0.1, 0.15) is 64.7 Å². The van der Waals surface area contributed by atoms with Gasteiger partial charge < -0.3 is 0 Å². The van der Waals surface area contributed by atoms with E-state index in [2.05, 4.69) is 17.9 Å². The number of rotatable bonds is 2. The fourth-order valence-electron chi connectivity index (χ4n) is 6.57. The predicted octanol–water partition coefficient (Wildman–Crippen LogP) is 3.97. The first-order chi connectivity index (χ1) is 9.65. The van der Waals surface area contributed by atoms with Crippen molar-refractivity contribution in [2.75, 3.05) is 13.1 Å². The van der Waals surface area contributed by atoms with Gasteiger partial charge in [0.2, 0.25) is 0 Å². The number of nitriles is 1. The summed E-state index contributed by atoms with van der Waals surface area (Å²) in [4.78, 5) is 2.57. The summed E-state index contributed by atoms with van der Waals surface area (Å²) in [5.74, 6) is 2.83. The molecule has 20 heavy (non-hydrogen) atoms. The number of piperidine rings is 1. The van der Waals surface area contributed by atoms with E-state index in [1.807, 2.05) is 0 Å². The van der Waals surface area contributed by atoms with E-state index in [1.54, 1.807) is 0 Å². The topological polar surface area (TPSA) is 27.0 Å². The Morgan fingerprint density at radius 1 is 0.950 bits per heavy atom. The lowest BCUT2D eigenvalue weighted by Crippen LogP contribution is -2.64. The number of hydrogen-bond donors (Lipinski definition) is 0. The molecular formula is C18H28N2. The van der Waals surface area contributed by atoms with E-state index >= 15 is 0 Å². The third kappa shape index (κ3) is 1.72. The molecule has 0 N–H and O–H groups in total. The fraction of sp³-hybridized carbons (Fsp3) is 0.944. The Bertz CT molecular complexity index is 394. The van der Waals surface area contributed by atoms with Crippen LogP contribution in [0.2, 0.25) is 0 Å². The van der Waals surface area contributed by atoms with Gasteiger partial charge in [0.25, 0.3) is 0 Å². The molecule has 5 rings (SSSR count). The van der Waals surface area contributed by atoms with Gasteiger partial charge in [-0.25, -0.2) is 0 Å². The molecule has 1 aliphatic heterocycles. The van der Waals surface area contributed by atoms with E-state index in [0.717, 1.165) is 30.8 Å². The number of hydrogen-bond acceptors (Lipinski definition) is 2. The van der Waals surface area contributed by atoms with Crippen LogP contribution in [0.15, 0.2) is 0 Å². The molecule has 0 aromatic heterocycles. The highest BCUT2D eigenvalue weighted by Gasteiger charge is 2.60. The summed E-state index contributed by atoms with van der Waals surface area (Å²) in [5, 5.41) is 10.1. The molecule has 1 atom stereocenters. The zero-order valence-electron chi connectivity index (χ0n) is 12.9. The molecule has 5 fully saturated rings. The standard InChI is InChI=1S/C18H28N2/c1-17(13-19,20-5-3-2-4-6-20)18-10-14-7-15(11-18)9-16(8-14)12-18/h14-16H,2-12H2,1H3. The fourth-order valence-corrected chi connectivity index (χ4v) is 6.57. The van der Waals surface area contributed by atoms with Crippen molar-refractivity contribution in [1.29, 1.82) is 5.26 Å². The van der Waals surface area contributed by atoms with Crippen LogP contribution in [-0.4, -0.2) is 23.5 Å².